The predicted octanol–water partition coefficient (Wildman–Crippen LogP) is 2.03. The Kier molecular flexibility index (Phi) is 3.97. The SMILES string of the molecule is COc1cc(N)cc(C(=O)OCc2ccncc2)c1. The van der Waals surface area contributed by atoms with Gasteiger partial charge >= 0.3 is 5.97 Å². The van der Waals surface area contributed by atoms with Crippen LogP contribution in [-0.2, 0) is 11.3 Å². The lowest BCUT2D eigenvalue weighted by Gasteiger charge is -2.07. The average molecular weight is 258 g/mol. The van der Waals surface area contributed by atoms with E-state index in [1.54, 1.807) is 42.7 Å². The molecule has 1 aromatic heterocycles. The third-order valence-corrected chi connectivity index (χ3v) is 2.52. The van der Waals surface area contributed by atoms with E-state index in [4.69, 9.17) is 15.2 Å². The van der Waals surface area contributed by atoms with Crippen LogP contribution in [0.25, 0.3) is 0 Å². The van der Waals surface area contributed by atoms with Gasteiger partial charge in [0, 0.05) is 24.1 Å². The molecule has 2 rings (SSSR count). The second-order valence-electron chi connectivity index (χ2n) is 3.93. The molecule has 0 amide bonds. The molecule has 1 aromatic carbocycles. The average Bonchev–Trinajstić information content (AvgIpc) is 2.45. The van der Waals surface area contributed by atoms with E-state index in [-0.39, 0.29) is 6.61 Å². The van der Waals surface area contributed by atoms with E-state index < -0.39 is 5.97 Å². The van der Waals surface area contributed by atoms with Crippen LogP contribution in [-0.4, -0.2) is 18.1 Å². The maximum absolute atomic E-state index is 11.9. The van der Waals surface area contributed by atoms with Gasteiger partial charge in [0.1, 0.15) is 12.4 Å². The molecular weight excluding hydrogens is 244 g/mol. The summed E-state index contributed by atoms with van der Waals surface area (Å²) < 4.78 is 10.2. The first-order chi connectivity index (χ1) is 9.19. The van der Waals surface area contributed by atoms with Crippen molar-refractivity contribution in [2.75, 3.05) is 12.8 Å². The molecule has 0 unspecified atom stereocenters. The molecule has 0 aliphatic carbocycles. The number of benzene rings is 1. The lowest BCUT2D eigenvalue weighted by atomic mass is 10.2. The number of nitrogens with zero attached hydrogens (tertiary/aromatic N) is 1. The number of hydrogen-bond acceptors (Lipinski definition) is 5. The highest BCUT2D eigenvalue weighted by Gasteiger charge is 2.10. The molecule has 5 heteroatoms. The van der Waals surface area contributed by atoms with Gasteiger partial charge in [-0.15, -0.1) is 0 Å². The molecule has 2 N–H and O–H groups in total. The lowest BCUT2D eigenvalue weighted by molar-refractivity contribution is 0.0472. The number of aromatic nitrogens is 1. The number of carbonyl (C=O) groups is 1. The van der Waals surface area contributed by atoms with Crippen molar-refractivity contribution in [1.82, 2.24) is 4.98 Å². The summed E-state index contributed by atoms with van der Waals surface area (Å²) in [5, 5.41) is 0. The van der Waals surface area contributed by atoms with Crippen molar-refractivity contribution in [3.8, 4) is 5.75 Å². The molecule has 0 bridgehead atoms. The van der Waals surface area contributed by atoms with Gasteiger partial charge in [0.2, 0.25) is 0 Å². The summed E-state index contributed by atoms with van der Waals surface area (Å²) in [5.41, 5.74) is 7.38. The highest BCUT2D eigenvalue weighted by molar-refractivity contribution is 5.91. The molecule has 0 atom stereocenters. The first-order valence-corrected chi connectivity index (χ1v) is 5.69. The van der Waals surface area contributed by atoms with Gasteiger partial charge in [-0.05, 0) is 29.8 Å². The van der Waals surface area contributed by atoms with Crippen LogP contribution in [0.4, 0.5) is 5.69 Å². The van der Waals surface area contributed by atoms with Crippen molar-refractivity contribution in [3.63, 3.8) is 0 Å². The van der Waals surface area contributed by atoms with Crippen LogP contribution >= 0.6 is 0 Å². The Morgan fingerprint density at radius 1 is 1.26 bits per heavy atom. The number of nitrogens with two attached hydrogens (primary N) is 1. The maximum atomic E-state index is 11.9. The first-order valence-electron chi connectivity index (χ1n) is 5.69. The zero-order valence-corrected chi connectivity index (χ0v) is 10.5. The third kappa shape index (κ3) is 3.45. The smallest absolute Gasteiger partial charge is 0.338 e. The second kappa shape index (κ2) is 5.86. The van der Waals surface area contributed by atoms with Crippen molar-refractivity contribution in [2.45, 2.75) is 6.61 Å². The number of carbonyl (C=O) groups excluding carboxylic acids is 1. The van der Waals surface area contributed by atoms with Gasteiger partial charge in [-0.1, -0.05) is 0 Å². The number of rotatable bonds is 4. The Labute approximate surface area is 111 Å². The molecular formula is C14H14N2O3. The summed E-state index contributed by atoms with van der Waals surface area (Å²) in [4.78, 5) is 15.8. The van der Waals surface area contributed by atoms with Crippen molar-refractivity contribution < 1.29 is 14.3 Å². The van der Waals surface area contributed by atoms with E-state index in [0.717, 1.165) is 5.56 Å². The number of hydrogen-bond donors (Lipinski definition) is 1. The van der Waals surface area contributed by atoms with E-state index in [0.29, 0.717) is 17.0 Å². The number of methoxy groups -OCH3 is 1. The monoisotopic (exact) mass is 258 g/mol. The number of pyridine rings is 1. The van der Waals surface area contributed by atoms with Crippen molar-refractivity contribution >= 4 is 11.7 Å². The lowest BCUT2D eigenvalue weighted by Crippen LogP contribution is -2.06. The van der Waals surface area contributed by atoms with Crippen molar-refractivity contribution in [1.29, 1.82) is 0 Å². The highest BCUT2D eigenvalue weighted by atomic mass is 16.5. The molecule has 0 aliphatic rings. The molecule has 19 heavy (non-hydrogen) atoms. The number of ether oxygens (including phenoxy) is 2. The minimum absolute atomic E-state index is 0.193. The van der Waals surface area contributed by atoms with Gasteiger partial charge in [-0.2, -0.15) is 0 Å². The molecule has 0 spiro atoms. The zero-order chi connectivity index (χ0) is 13.7. The van der Waals surface area contributed by atoms with Gasteiger partial charge < -0.3 is 15.2 Å². The zero-order valence-electron chi connectivity index (χ0n) is 10.5. The minimum atomic E-state index is -0.442. The van der Waals surface area contributed by atoms with E-state index in [1.807, 2.05) is 0 Å². The van der Waals surface area contributed by atoms with Gasteiger partial charge in [-0.25, -0.2) is 4.79 Å². The van der Waals surface area contributed by atoms with E-state index in [2.05, 4.69) is 4.98 Å². The summed E-state index contributed by atoms with van der Waals surface area (Å²) in [5.74, 6) is 0.0817. The number of nitrogen functional groups attached to an aromatic ring is 1. The highest BCUT2D eigenvalue weighted by Crippen LogP contribution is 2.19. The van der Waals surface area contributed by atoms with E-state index >= 15 is 0 Å². The van der Waals surface area contributed by atoms with Gasteiger partial charge in [0.05, 0.1) is 12.7 Å². The van der Waals surface area contributed by atoms with Crippen LogP contribution in [0.1, 0.15) is 15.9 Å². The topological polar surface area (TPSA) is 74.4 Å². The standard InChI is InChI=1S/C14H14N2O3/c1-18-13-7-11(6-12(15)8-13)14(17)19-9-10-2-4-16-5-3-10/h2-8H,9,15H2,1H3. The molecule has 0 saturated heterocycles. The summed E-state index contributed by atoms with van der Waals surface area (Å²) in [6, 6.07) is 8.35. The Bertz CT molecular complexity index is 570. The molecule has 0 saturated carbocycles. The summed E-state index contributed by atoms with van der Waals surface area (Å²) in [6.07, 6.45) is 3.29. The number of esters is 1. The fraction of sp³-hybridized carbons (Fsp3) is 0.143. The molecule has 0 fully saturated rings. The van der Waals surface area contributed by atoms with Crippen LogP contribution in [0.2, 0.25) is 0 Å². The fourth-order valence-electron chi connectivity index (χ4n) is 1.57. The quantitative estimate of drug-likeness (QED) is 0.671. The number of anilines is 1. The molecule has 0 radical (unpaired) electrons. The first kappa shape index (κ1) is 12.9. The third-order valence-electron chi connectivity index (χ3n) is 2.52. The van der Waals surface area contributed by atoms with E-state index in [1.165, 1.54) is 7.11 Å². The van der Waals surface area contributed by atoms with Crippen LogP contribution in [0.3, 0.4) is 0 Å². The largest absolute Gasteiger partial charge is 0.497 e. The van der Waals surface area contributed by atoms with Crippen LogP contribution in [0.5, 0.6) is 5.75 Å². The fourth-order valence-corrected chi connectivity index (χ4v) is 1.57. The summed E-state index contributed by atoms with van der Waals surface area (Å²) >= 11 is 0. The van der Waals surface area contributed by atoms with Gasteiger partial charge in [0.25, 0.3) is 0 Å². The maximum Gasteiger partial charge on any atom is 0.338 e. The Morgan fingerprint density at radius 3 is 2.68 bits per heavy atom. The van der Waals surface area contributed by atoms with E-state index in [9.17, 15) is 4.79 Å². The van der Waals surface area contributed by atoms with Crippen LogP contribution in [0.15, 0.2) is 42.7 Å². The van der Waals surface area contributed by atoms with Gasteiger partial charge in [-0.3, -0.25) is 4.98 Å². The Balaban J connectivity index is 2.06. The second-order valence-corrected chi connectivity index (χ2v) is 3.93. The Morgan fingerprint density at radius 2 is 2.00 bits per heavy atom. The van der Waals surface area contributed by atoms with Crippen molar-refractivity contribution in [2.24, 2.45) is 0 Å². The summed E-state index contributed by atoms with van der Waals surface area (Å²) in [6.45, 7) is 0.193. The molecule has 98 valence electrons. The Hall–Kier alpha value is -2.56. The molecule has 5 nitrogen and oxygen atoms in total. The van der Waals surface area contributed by atoms with Gasteiger partial charge in [0.15, 0.2) is 0 Å². The molecule has 2 aromatic rings. The normalized spacial score (nSPS) is 9.95. The van der Waals surface area contributed by atoms with Crippen LogP contribution in [0, 0.1) is 0 Å². The predicted molar refractivity (Wildman–Crippen MR) is 70.8 cm³/mol. The minimum Gasteiger partial charge on any atom is -0.497 e. The molecule has 1 heterocycles. The van der Waals surface area contributed by atoms with Crippen LogP contribution < -0.4 is 10.5 Å². The summed E-state index contributed by atoms with van der Waals surface area (Å²) in [7, 11) is 1.51. The van der Waals surface area contributed by atoms with Crippen molar-refractivity contribution in [3.05, 3.63) is 53.9 Å². The molecule has 0 aliphatic heterocycles.